The molecule has 1 amide bonds. The maximum atomic E-state index is 14.2. The number of amides is 1. The maximum Gasteiger partial charge on any atom is 0.409 e. The number of hydrazine groups is 1. The van der Waals surface area contributed by atoms with E-state index in [2.05, 4.69) is 12.3 Å². The quantitative estimate of drug-likeness (QED) is 0.348. The third-order valence-corrected chi connectivity index (χ3v) is 6.67. The van der Waals surface area contributed by atoms with Crippen LogP contribution in [0.15, 0.2) is 36.4 Å². The van der Waals surface area contributed by atoms with Gasteiger partial charge in [0.05, 0.1) is 0 Å². The fraction of sp³-hybridized carbons (Fsp3) is 0.593. The van der Waals surface area contributed by atoms with Crippen LogP contribution in [0.3, 0.4) is 0 Å². The Hall–Kier alpha value is -2.08. The lowest BCUT2D eigenvalue weighted by Crippen LogP contribution is -2.51. The molecule has 0 aromatic heterocycles. The van der Waals surface area contributed by atoms with Crippen LogP contribution in [-0.4, -0.2) is 22.6 Å². The number of benzene rings is 2. The van der Waals surface area contributed by atoms with E-state index in [9.17, 15) is 18.0 Å². The Morgan fingerprint density at radius 3 is 2.27 bits per heavy atom. The molecular formula is C27H37F3N2O. The van der Waals surface area contributed by atoms with Crippen LogP contribution in [0, 0.1) is 0 Å². The van der Waals surface area contributed by atoms with E-state index in [1.165, 1.54) is 38.5 Å². The number of carbonyl (C=O) groups excluding carboxylic acids is 1. The summed E-state index contributed by atoms with van der Waals surface area (Å²) in [6.07, 6.45) is 6.16. The van der Waals surface area contributed by atoms with E-state index < -0.39 is 17.8 Å². The number of nitrogens with zero attached hydrogens (tertiary/aromatic N) is 1. The average Bonchev–Trinajstić information content (AvgIpc) is 3.00. The molecule has 1 N–H and O–H groups in total. The summed E-state index contributed by atoms with van der Waals surface area (Å²) in [7, 11) is 0. The molecule has 182 valence electrons. The molecule has 2 aromatic rings. The highest BCUT2D eigenvalue weighted by Crippen LogP contribution is 2.43. The number of unbranched alkanes of at least 4 members (excludes halogenated alkanes) is 7. The van der Waals surface area contributed by atoms with E-state index >= 15 is 0 Å². The highest BCUT2D eigenvalue weighted by molar-refractivity contribution is 5.86. The molecule has 1 aliphatic rings. The zero-order valence-electron chi connectivity index (χ0n) is 20.1. The van der Waals surface area contributed by atoms with E-state index in [0.717, 1.165) is 40.6 Å². The summed E-state index contributed by atoms with van der Waals surface area (Å²) in [5.74, 6) is -0.384. The Balaban J connectivity index is 1.78. The third kappa shape index (κ3) is 6.50. The topological polar surface area (TPSA) is 32.3 Å². The summed E-state index contributed by atoms with van der Waals surface area (Å²) in [5.41, 5.74) is 2.77. The normalized spacial score (nSPS) is 17.5. The smallest absolute Gasteiger partial charge is 0.287 e. The first-order valence-electron chi connectivity index (χ1n) is 12.3. The molecule has 3 nitrogen and oxygen atoms in total. The van der Waals surface area contributed by atoms with Gasteiger partial charge < -0.3 is 0 Å². The largest absolute Gasteiger partial charge is 0.409 e. The van der Waals surface area contributed by atoms with Crippen molar-refractivity contribution in [2.24, 2.45) is 0 Å². The van der Waals surface area contributed by atoms with Gasteiger partial charge in [-0.05, 0) is 54.7 Å². The second-order valence-electron chi connectivity index (χ2n) is 9.96. The van der Waals surface area contributed by atoms with Crippen molar-refractivity contribution >= 4 is 16.7 Å². The number of carbonyl (C=O) groups is 1. The number of hydrogen-bond acceptors (Lipinski definition) is 2. The molecule has 1 saturated heterocycles. The van der Waals surface area contributed by atoms with Crippen LogP contribution in [0.25, 0.3) is 10.8 Å². The SMILES string of the molecule is CCCCCCCCCCc1cccc2ccc([C@H](N3NC(=O)CC3(C)C)C(F)(F)F)cc12. The highest BCUT2D eigenvalue weighted by atomic mass is 19.4. The minimum Gasteiger partial charge on any atom is -0.287 e. The van der Waals surface area contributed by atoms with Crippen LogP contribution >= 0.6 is 0 Å². The summed E-state index contributed by atoms with van der Waals surface area (Å²) in [6, 6.07) is 9.05. The molecule has 0 radical (unpaired) electrons. The Bertz CT molecular complexity index is 939. The van der Waals surface area contributed by atoms with Crippen LogP contribution in [0.5, 0.6) is 0 Å². The third-order valence-electron chi connectivity index (χ3n) is 6.67. The molecule has 0 saturated carbocycles. The maximum absolute atomic E-state index is 14.2. The Labute approximate surface area is 195 Å². The standard InChI is InChI=1S/C27H37F3N2O/c1-4-5-6-7-8-9-10-11-13-20-14-12-15-21-16-17-22(18-23(20)21)25(27(28,29)30)32-26(2,3)19-24(33)31-32/h12,14-18,25H,4-11,13,19H2,1-3H3,(H,31,33)/t25-/m0/s1. The van der Waals surface area contributed by atoms with Crippen molar-refractivity contribution in [3.63, 3.8) is 0 Å². The van der Waals surface area contributed by atoms with Gasteiger partial charge in [0.1, 0.15) is 0 Å². The van der Waals surface area contributed by atoms with Crippen molar-refractivity contribution < 1.29 is 18.0 Å². The van der Waals surface area contributed by atoms with E-state index in [1.54, 1.807) is 32.0 Å². The zero-order chi connectivity index (χ0) is 24.1. The molecule has 3 rings (SSSR count). The highest BCUT2D eigenvalue weighted by Gasteiger charge is 2.53. The van der Waals surface area contributed by atoms with Crippen molar-refractivity contribution in [1.82, 2.24) is 10.4 Å². The van der Waals surface area contributed by atoms with Gasteiger partial charge in [-0.1, -0.05) is 82.2 Å². The lowest BCUT2D eigenvalue weighted by molar-refractivity contribution is -0.203. The number of halogens is 3. The monoisotopic (exact) mass is 462 g/mol. The van der Waals surface area contributed by atoms with Crippen molar-refractivity contribution in [2.75, 3.05) is 0 Å². The fourth-order valence-electron chi connectivity index (χ4n) is 4.89. The molecule has 0 unspecified atom stereocenters. The Morgan fingerprint density at radius 2 is 1.67 bits per heavy atom. The second kappa shape index (κ2) is 10.9. The summed E-state index contributed by atoms with van der Waals surface area (Å²) < 4.78 is 42.7. The van der Waals surface area contributed by atoms with Crippen molar-refractivity contribution in [1.29, 1.82) is 0 Å². The van der Waals surface area contributed by atoms with Gasteiger partial charge in [-0.3, -0.25) is 10.2 Å². The molecule has 33 heavy (non-hydrogen) atoms. The van der Waals surface area contributed by atoms with Gasteiger partial charge in [0, 0.05) is 12.0 Å². The number of alkyl halides is 3. The lowest BCUT2D eigenvalue weighted by atomic mass is 9.93. The first-order valence-corrected chi connectivity index (χ1v) is 12.3. The van der Waals surface area contributed by atoms with Gasteiger partial charge in [0.25, 0.3) is 0 Å². The van der Waals surface area contributed by atoms with Crippen LogP contribution < -0.4 is 5.43 Å². The Kier molecular flexibility index (Phi) is 8.43. The first kappa shape index (κ1) is 25.5. The van der Waals surface area contributed by atoms with Crippen molar-refractivity contribution in [3.8, 4) is 0 Å². The Morgan fingerprint density at radius 1 is 1.00 bits per heavy atom. The van der Waals surface area contributed by atoms with Crippen LogP contribution in [0.4, 0.5) is 13.2 Å². The molecule has 0 spiro atoms. The van der Waals surface area contributed by atoms with Crippen LogP contribution in [0.2, 0.25) is 0 Å². The minimum absolute atomic E-state index is 0.0385. The van der Waals surface area contributed by atoms with Crippen LogP contribution in [0.1, 0.15) is 95.7 Å². The summed E-state index contributed by atoms with van der Waals surface area (Å²) in [6.45, 7) is 5.55. The number of fused-ring (bicyclic) bond motifs is 1. The molecule has 1 heterocycles. The van der Waals surface area contributed by atoms with Gasteiger partial charge in [-0.25, -0.2) is 0 Å². The minimum atomic E-state index is -4.52. The molecule has 0 aliphatic carbocycles. The van der Waals surface area contributed by atoms with Gasteiger partial charge in [0.2, 0.25) is 5.91 Å². The van der Waals surface area contributed by atoms with Crippen LogP contribution in [-0.2, 0) is 11.2 Å². The van der Waals surface area contributed by atoms with Gasteiger partial charge in [-0.15, -0.1) is 0 Å². The second-order valence-corrected chi connectivity index (χ2v) is 9.96. The fourth-order valence-corrected chi connectivity index (χ4v) is 4.89. The van der Waals surface area contributed by atoms with E-state index in [1.807, 2.05) is 18.2 Å². The first-order chi connectivity index (χ1) is 15.6. The number of hydrogen-bond donors (Lipinski definition) is 1. The van der Waals surface area contributed by atoms with Gasteiger partial charge in [-0.2, -0.15) is 18.2 Å². The van der Waals surface area contributed by atoms with E-state index in [4.69, 9.17) is 0 Å². The van der Waals surface area contributed by atoms with Gasteiger partial charge in [0.15, 0.2) is 6.04 Å². The predicted octanol–water partition coefficient (Wildman–Crippen LogP) is 7.64. The predicted molar refractivity (Wildman–Crippen MR) is 128 cm³/mol. The lowest BCUT2D eigenvalue weighted by Gasteiger charge is -2.38. The molecule has 0 bridgehead atoms. The number of nitrogens with one attached hydrogen (secondary N) is 1. The molecule has 1 aliphatic heterocycles. The summed E-state index contributed by atoms with van der Waals surface area (Å²) >= 11 is 0. The van der Waals surface area contributed by atoms with E-state index in [0.29, 0.717) is 0 Å². The van der Waals surface area contributed by atoms with Gasteiger partial charge >= 0.3 is 6.18 Å². The number of aryl methyl sites for hydroxylation is 1. The molecular weight excluding hydrogens is 425 g/mol. The number of rotatable bonds is 11. The molecule has 1 atom stereocenters. The summed E-state index contributed by atoms with van der Waals surface area (Å²) in [5, 5.41) is 2.90. The van der Waals surface area contributed by atoms with E-state index in [-0.39, 0.29) is 17.9 Å². The van der Waals surface area contributed by atoms with Crippen molar-refractivity contribution in [3.05, 3.63) is 47.5 Å². The zero-order valence-corrected chi connectivity index (χ0v) is 20.1. The summed E-state index contributed by atoms with van der Waals surface area (Å²) in [4.78, 5) is 11.9. The average molecular weight is 463 g/mol. The van der Waals surface area contributed by atoms with Crippen molar-refractivity contribution in [2.45, 2.75) is 103 Å². The molecule has 6 heteroatoms. The molecule has 2 aromatic carbocycles. The molecule has 1 fully saturated rings.